The molecule has 5 aliphatic carbocycles. The van der Waals surface area contributed by atoms with Crippen LogP contribution in [0.1, 0.15) is 145 Å². The first-order valence-corrected chi connectivity index (χ1v) is 18.8. The minimum Gasteiger partial charge on any atom is -0.469 e. The van der Waals surface area contributed by atoms with Crippen molar-refractivity contribution in [1.29, 1.82) is 0 Å². The summed E-state index contributed by atoms with van der Waals surface area (Å²) >= 11 is 0. The molecule has 0 bridgehead atoms. The molecule has 0 unspecified atom stereocenters. The summed E-state index contributed by atoms with van der Waals surface area (Å²) in [5.41, 5.74) is 1.59. The molecule has 6 heteroatoms. The first kappa shape index (κ1) is 35.5. The minimum absolute atomic E-state index is 0.00263. The molecule has 46 heavy (non-hydrogen) atoms. The molecule has 0 spiro atoms. The van der Waals surface area contributed by atoms with Crippen molar-refractivity contribution < 1.29 is 23.9 Å². The van der Waals surface area contributed by atoms with Gasteiger partial charge in [-0.15, -0.1) is 0 Å². The highest BCUT2D eigenvalue weighted by Gasteiger charge is 2.72. The van der Waals surface area contributed by atoms with Crippen molar-refractivity contribution in [1.82, 2.24) is 5.32 Å². The number of esters is 2. The molecule has 6 nitrogen and oxygen atoms in total. The lowest BCUT2D eigenvalue weighted by Gasteiger charge is -2.72. The van der Waals surface area contributed by atoms with E-state index in [0.29, 0.717) is 41.9 Å². The van der Waals surface area contributed by atoms with E-state index in [1.165, 1.54) is 38.4 Å². The van der Waals surface area contributed by atoms with E-state index >= 15 is 0 Å². The third kappa shape index (κ3) is 5.57. The first-order valence-electron chi connectivity index (χ1n) is 18.8. The maximum atomic E-state index is 14.3. The molecule has 0 aliphatic heterocycles. The third-order valence-electron chi connectivity index (χ3n) is 15.6. The normalized spacial score (nSPS) is 42.4. The molecule has 5 saturated carbocycles. The SMILES string of the molecule is C=C(C)[C@@H]1CC[C@]2(C(=O)NCCCCCCC(=O)OC)CC[C@]3(C)[C@H](CC[C@@H]4[C@@]5(C)CC[C@H](OC(C)=O)C(C)(C)[C@@H]5CC[C@]43C)[C@@H]12. The maximum Gasteiger partial charge on any atom is 0.305 e. The van der Waals surface area contributed by atoms with Crippen molar-refractivity contribution in [3.8, 4) is 0 Å². The minimum atomic E-state index is -0.285. The van der Waals surface area contributed by atoms with Crippen LogP contribution in [-0.2, 0) is 23.9 Å². The Kier molecular flexibility index (Phi) is 9.93. The van der Waals surface area contributed by atoms with E-state index in [2.05, 4.69) is 53.4 Å². The van der Waals surface area contributed by atoms with E-state index in [-0.39, 0.29) is 45.1 Å². The van der Waals surface area contributed by atoms with Crippen LogP contribution in [0.5, 0.6) is 0 Å². The van der Waals surface area contributed by atoms with Crippen molar-refractivity contribution in [2.75, 3.05) is 13.7 Å². The molecule has 5 aliphatic rings. The highest BCUT2D eigenvalue weighted by molar-refractivity contribution is 5.84. The van der Waals surface area contributed by atoms with Crippen LogP contribution >= 0.6 is 0 Å². The Bertz CT molecular complexity index is 1190. The Morgan fingerprint density at radius 3 is 2.17 bits per heavy atom. The molecule has 0 saturated heterocycles. The standard InChI is InChI=1S/C40H65NO5/c1-26(2)28-17-22-40(35(44)41-25-13-11-10-12-14-33(43)45-9)24-23-38(7)29(34(28)40)15-16-31-37(6)20-19-32(46-27(3)42)36(4,5)30(37)18-21-39(31,38)8/h28-32,34H,1,10-25H2,2-9H3,(H,41,44)/t28-,29+,30-,31+,32-,34+,37-,38+,39+,40-/m0/s1. The lowest BCUT2D eigenvalue weighted by molar-refractivity contribution is -0.248. The van der Waals surface area contributed by atoms with Gasteiger partial charge in [0, 0.05) is 25.3 Å². The first-order chi connectivity index (χ1) is 21.6. The van der Waals surface area contributed by atoms with Gasteiger partial charge in [0.05, 0.1) is 12.5 Å². The number of rotatable bonds is 10. The summed E-state index contributed by atoms with van der Waals surface area (Å²) in [4.78, 5) is 37.7. The van der Waals surface area contributed by atoms with Gasteiger partial charge in [-0.2, -0.15) is 0 Å². The zero-order valence-corrected chi connectivity index (χ0v) is 30.5. The van der Waals surface area contributed by atoms with Gasteiger partial charge >= 0.3 is 11.9 Å². The molecule has 0 heterocycles. The highest BCUT2D eigenvalue weighted by Crippen LogP contribution is 2.77. The number of carbonyl (C=O) groups excluding carboxylic acids is 3. The van der Waals surface area contributed by atoms with Crippen LogP contribution in [0.3, 0.4) is 0 Å². The number of nitrogens with one attached hydrogen (secondary N) is 1. The van der Waals surface area contributed by atoms with Crippen LogP contribution in [0.25, 0.3) is 0 Å². The van der Waals surface area contributed by atoms with Gasteiger partial charge in [0.2, 0.25) is 5.91 Å². The molecule has 5 fully saturated rings. The van der Waals surface area contributed by atoms with Crippen LogP contribution < -0.4 is 5.32 Å². The monoisotopic (exact) mass is 639 g/mol. The van der Waals surface area contributed by atoms with Crippen molar-refractivity contribution in [3.05, 3.63) is 12.2 Å². The zero-order chi connectivity index (χ0) is 33.7. The van der Waals surface area contributed by atoms with Gasteiger partial charge in [-0.1, -0.05) is 59.6 Å². The number of hydrogen-bond acceptors (Lipinski definition) is 5. The lowest BCUT2D eigenvalue weighted by Crippen LogP contribution is -2.67. The zero-order valence-electron chi connectivity index (χ0n) is 30.5. The number of carbonyl (C=O) groups is 3. The fourth-order valence-electron chi connectivity index (χ4n) is 13.1. The second-order valence-corrected chi connectivity index (χ2v) is 17.8. The Hall–Kier alpha value is -1.85. The van der Waals surface area contributed by atoms with Crippen LogP contribution in [0.15, 0.2) is 12.2 Å². The predicted molar refractivity (Wildman–Crippen MR) is 183 cm³/mol. The maximum absolute atomic E-state index is 14.3. The molecule has 260 valence electrons. The summed E-state index contributed by atoms with van der Waals surface area (Å²) in [6.45, 7) is 21.6. The molecule has 1 N–H and O–H groups in total. The van der Waals surface area contributed by atoms with E-state index in [1.54, 1.807) is 6.92 Å². The number of unbranched alkanes of at least 4 members (excludes halogenated alkanes) is 3. The predicted octanol–water partition coefficient (Wildman–Crippen LogP) is 8.82. The molecule has 0 radical (unpaired) electrons. The number of fused-ring (bicyclic) bond motifs is 7. The quantitative estimate of drug-likeness (QED) is 0.147. The van der Waals surface area contributed by atoms with Gasteiger partial charge in [-0.3, -0.25) is 14.4 Å². The average Bonchev–Trinajstić information content (AvgIpc) is 3.39. The Balaban J connectivity index is 1.34. The smallest absolute Gasteiger partial charge is 0.305 e. The Morgan fingerprint density at radius 2 is 1.50 bits per heavy atom. The number of allylic oxidation sites excluding steroid dienone is 1. The van der Waals surface area contributed by atoms with Crippen molar-refractivity contribution in [2.24, 2.45) is 56.7 Å². The summed E-state index contributed by atoms with van der Waals surface area (Å²) in [6, 6.07) is 0. The van der Waals surface area contributed by atoms with Crippen LogP contribution in [0, 0.1) is 56.7 Å². The molecule has 10 atom stereocenters. The molecule has 0 aromatic heterocycles. The number of methoxy groups -OCH3 is 1. The van der Waals surface area contributed by atoms with Crippen LogP contribution in [0.2, 0.25) is 0 Å². The lowest BCUT2D eigenvalue weighted by atomic mass is 9.32. The summed E-state index contributed by atoms with van der Waals surface area (Å²) in [7, 11) is 1.44. The van der Waals surface area contributed by atoms with Gasteiger partial charge in [-0.05, 0) is 130 Å². The third-order valence-corrected chi connectivity index (χ3v) is 15.6. The molecular formula is C40H65NO5. The second kappa shape index (κ2) is 12.9. The number of ether oxygens (including phenoxy) is 2. The van der Waals surface area contributed by atoms with Crippen LogP contribution in [-0.4, -0.2) is 37.6 Å². The van der Waals surface area contributed by atoms with Gasteiger partial charge in [0.25, 0.3) is 0 Å². The number of hydrogen-bond donors (Lipinski definition) is 1. The van der Waals surface area contributed by atoms with Gasteiger partial charge in [-0.25, -0.2) is 0 Å². The fraction of sp³-hybridized carbons (Fsp3) is 0.875. The van der Waals surface area contributed by atoms with E-state index < -0.39 is 0 Å². The largest absolute Gasteiger partial charge is 0.469 e. The second-order valence-electron chi connectivity index (χ2n) is 17.8. The summed E-state index contributed by atoms with van der Waals surface area (Å²) < 4.78 is 10.7. The van der Waals surface area contributed by atoms with E-state index in [4.69, 9.17) is 9.47 Å². The Morgan fingerprint density at radius 1 is 0.783 bits per heavy atom. The molecule has 1 amide bonds. The van der Waals surface area contributed by atoms with Crippen molar-refractivity contribution in [2.45, 2.75) is 151 Å². The topological polar surface area (TPSA) is 81.7 Å². The molecular weight excluding hydrogens is 574 g/mol. The van der Waals surface area contributed by atoms with Crippen molar-refractivity contribution in [3.63, 3.8) is 0 Å². The highest BCUT2D eigenvalue weighted by atomic mass is 16.5. The van der Waals surface area contributed by atoms with Gasteiger partial charge in [0.1, 0.15) is 6.10 Å². The molecule has 0 aromatic rings. The number of amides is 1. The fourth-order valence-corrected chi connectivity index (χ4v) is 13.1. The van der Waals surface area contributed by atoms with Gasteiger partial charge in [0.15, 0.2) is 0 Å². The molecule has 5 rings (SSSR count). The van der Waals surface area contributed by atoms with Crippen LogP contribution in [0.4, 0.5) is 0 Å². The Labute approximate surface area is 280 Å². The average molecular weight is 640 g/mol. The van der Waals surface area contributed by atoms with E-state index in [1.807, 2.05) is 0 Å². The van der Waals surface area contributed by atoms with E-state index in [0.717, 1.165) is 70.8 Å². The summed E-state index contributed by atoms with van der Waals surface area (Å²) in [5.74, 6) is 2.50. The van der Waals surface area contributed by atoms with E-state index in [9.17, 15) is 14.4 Å². The van der Waals surface area contributed by atoms with Gasteiger partial charge < -0.3 is 14.8 Å². The summed E-state index contributed by atoms with van der Waals surface area (Å²) in [5, 5.41) is 3.43. The summed E-state index contributed by atoms with van der Waals surface area (Å²) in [6.07, 6.45) is 15.4. The molecule has 0 aromatic carbocycles. The van der Waals surface area contributed by atoms with Crippen molar-refractivity contribution >= 4 is 17.8 Å².